The molecule has 4 rings (SSSR count). The summed E-state index contributed by atoms with van der Waals surface area (Å²) in [7, 11) is -3.50. The number of piperidine rings is 1. The van der Waals surface area contributed by atoms with E-state index in [9.17, 15) is 8.42 Å². The molecule has 0 radical (unpaired) electrons. The maximum absolute atomic E-state index is 13.0. The first kappa shape index (κ1) is 16.9. The molecule has 6 nitrogen and oxygen atoms in total. The summed E-state index contributed by atoms with van der Waals surface area (Å²) in [5.74, 6) is 0.475. The number of rotatable bonds is 4. The Bertz CT molecular complexity index is 1000. The predicted octanol–water partition coefficient (Wildman–Crippen LogP) is 2.86. The number of hydrogen-bond donors (Lipinski definition) is 0. The smallest absolute Gasteiger partial charge is 0.243 e. The van der Waals surface area contributed by atoms with Crippen molar-refractivity contribution in [2.75, 3.05) is 13.1 Å². The number of hydrogen-bond acceptors (Lipinski definition) is 5. The molecule has 26 heavy (non-hydrogen) atoms. The lowest BCUT2D eigenvalue weighted by Crippen LogP contribution is -2.41. The minimum absolute atomic E-state index is 0.0465. The summed E-state index contributed by atoms with van der Waals surface area (Å²) >= 11 is 0. The van der Waals surface area contributed by atoms with E-state index >= 15 is 0 Å². The number of benzene rings is 2. The van der Waals surface area contributed by atoms with Gasteiger partial charge in [0.15, 0.2) is 0 Å². The van der Waals surface area contributed by atoms with Crippen molar-refractivity contribution in [2.24, 2.45) is 0 Å². The van der Waals surface area contributed by atoms with Gasteiger partial charge < -0.3 is 4.74 Å². The van der Waals surface area contributed by atoms with Crippen LogP contribution in [0.15, 0.2) is 66.0 Å². The van der Waals surface area contributed by atoms with E-state index in [1.807, 2.05) is 30.3 Å². The molecule has 0 atom stereocenters. The van der Waals surface area contributed by atoms with Crippen LogP contribution >= 0.6 is 0 Å². The van der Waals surface area contributed by atoms with Crippen molar-refractivity contribution in [1.82, 2.24) is 14.3 Å². The first-order chi connectivity index (χ1) is 12.6. The summed E-state index contributed by atoms with van der Waals surface area (Å²) in [4.78, 5) is 8.41. The minimum Gasteiger partial charge on any atom is -0.473 e. The van der Waals surface area contributed by atoms with Crippen LogP contribution in [0.5, 0.6) is 5.88 Å². The average Bonchev–Trinajstić information content (AvgIpc) is 2.69. The molecule has 1 saturated heterocycles. The van der Waals surface area contributed by atoms with Gasteiger partial charge in [-0.1, -0.05) is 30.3 Å². The second kappa shape index (κ2) is 7.01. The summed E-state index contributed by atoms with van der Waals surface area (Å²) in [6.07, 6.45) is 5.94. The van der Waals surface area contributed by atoms with Gasteiger partial charge in [-0.3, -0.25) is 4.98 Å². The topological polar surface area (TPSA) is 72.4 Å². The molecule has 1 aliphatic heterocycles. The second-order valence-corrected chi connectivity index (χ2v) is 8.21. The quantitative estimate of drug-likeness (QED) is 0.707. The molecule has 0 bridgehead atoms. The van der Waals surface area contributed by atoms with Crippen LogP contribution in [0.1, 0.15) is 12.8 Å². The van der Waals surface area contributed by atoms with Gasteiger partial charge in [-0.25, -0.2) is 13.4 Å². The molecule has 0 saturated carbocycles. The first-order valence-corrected chi connectivity index (χ1v) is 9.98. The second-order valence-electron chi connectivity index (χ2n) is 6.27. The first-order valence-electron chi connectivity index (χ1n) is 8.54. The highest BCUT2D eigenvalue weighted by Gasteiger charge is 2.30. The third-order valence-electron chi connectivity index (χ3n) is 4.59. The molecule has 0 spiro atoms. The van der Waals surface area contributed by atoms with Gasteiger partial charge in [0, 0.05) is 25.5 Å². The zero-order chi connectivity index (χ0) is 18.0. The number of nitrogens with zero attached hydrogens (tertiary/aromatic N) is 3. The predicted molar refractivity (Wildman–Crippen MR) is 98.4 cm³/mol. The van der Waals surface area contributed by atoms with Crippen LogP contribution in [0, 0.1) is 0 Å². The normalized spacial score (nSPS) is 16.6. The maximum Gasteiger partial charge on any atom is 0.243 e. The standard InChI is InChI=1S/C19H19N3O3S/c23-26(24,18-6-5-15-3-1-2-4-16(15)13-18)22-11-7-17(8-12-22)25-19-14-20-9-10-21-19/h1-6,9-10,13-14,17H,7-8,11-12H2. The Morgan fingerprint density at radius 2 is 1.77 bits per heavy atom. The van der Waals surface area contributed by atoms with Crippen molar-refractivity contribution in [2.45, 2.75) is 23.8 Å². The van der Waals surface area contributed by atoms with Crippen molar-refractivity contribution in [3.63, 3.8) is 0 Å². The molecule has 0 amide bonds. The Balaban J connectivity index is 1.47. The van der Waals surface area contributed by atoms with Gasteiger partial charge in [0.05, 0.1) is 11.1 Å². The molecular formula is C19H19N3O3S. The average molecular weight is 369 g/mol. The van der Waals surface area contributed by atoms with Crippen LogP contribution in [-0.2, 0) is 10.0 Å². The summed E-state index contributed by atoms with van der Waals surface area (Å²) in [6, 6.07) is 13.0. The molecule has 1 aliphatic rings. The molecule has 3 aromatic rings. The van der Waals surface area contributed by atoms with Crippen LogP contribution in [0.25, 0.3) is 10.8 Å². The highest BCUT2D eigenvalue weighted by Crippen LogP contribution is 2.25. The lowest BCUT2D eigenvalue weighted by molar-refractivity contribution is 0.129. The van der Waals surface area contributed by atoms with E-state index in [1.54, 1.807) is 30.7 Å². The van der Waals surface area contributed by atoms with E-state index in [4.69, 9.17) is 4.74 Å². The maximum atomic E-state index is 13.0. The van der Waals surface area contributed by atoms with E-state index in [0.717, 1.165) is 10.8 Å². The van der Waals surface area contributed by atoms with Crippen molar-refractivity contribution < 1.29 is 13.2 Å². The van der Waals surface area contributed by atoms with Crippen molar-refractivity contribution >= 4 is 20.8 Å². The van der Waals surface area contributed by atoms with Crippen LogP contribution in [0.3, 0.4) is 0 Å². The molecule has 134 valence electrons. The van der Waals surface area contributed by atoms with Gasteiger partial charge in [-0.15, -0.1) is 0 Å². The molecule has 0 aliphatic carbocycles. The fourth-order valence-electron chi connectivity index (χ4n) is 3.18. The Morgan fingerprint density at radius 1 is 1.00 bits per heavy atom. The van der Waals surface area contributed by atoms with Crippen molar-refractivity contribution in [3.05, 3.63) is 61.1 Å². The number of sulfonamides is 1. The van der Waals surface area contributed by atoms with E-state index in [0.29, 0.717) is 36.7 Å². The molecule has 0 N–H and O–H groups in total. The monoisotopic (exact) mass is 369 g/mol. The Morgan fingerprint density at radius 3 is 2.50 bits per heavy atom. The Labute approximate surface area is 152 Å². The van der Waals surface area contributed by atoms with Gasteiger partial charge in [-0.2, -0.15) is 4.31 Å². The van der Waals surface area contributed by atoms with Crippen LogP contribution in [0.2, 0.25) is 0 Å². The summed E-state index contributed by atoms with van der Waals surface area (Å²) in [5, 5.41) is 1.96. The molecule has 1 aromatic heterocycles. The SMILES string of the molecule is O=S(=O)(c1ccc2ccccc2c1)N1CCC(Oc2cnccn2)CC1. The van der Waals surface area contributed by atoms with Gasteiger partial charge in [0.25, 0.3) is 0 Å². The summed E-state index contributed by atoms with van der Waals surface area (Å²) in [6.45, 7) is 0.861. The molecule has 2 heterocycles. The number of ether oxygens (including phenoxy) is 1. The fourth-order valence-corrected chi connectivity index (χ4v) is 4.69. The third-order valence-corrected chi connectivity index (χ3v) is 6.48. The Hall–Kier alpha value is -2.51. The van der Waals surface area contributed by atoms with Gasteiger partial charge >= 0.3 is 0 Å². The molecule has 0 unspecified atom stereocenters. The zero-order valence-electron chi connectivity index (χ0n) is 14.2. The highest BCUT2D eigenvalue weighted by atomic mass is 32.2. The van der Waals surface area contributed by atoms with E-state index in [1.165, 1.54) is 4.31 Å². The van der Waals surface area contributed by atoms with Gasteiger partial charge in [0.1, 0.15) is 6.10 Å². The highest BCUT2D eigenvalue weighted by molar-refractivity contribution is 7.89. The zero-order valence-corrected chi connectivity index (χ0v) is 15.0. The van der Waals surface area contributed by atoms with Crippen molar-refractivity contribution in [3.8, 4) is 5.88 Å². The van der Waals surface area contributed by atoms with Crippen LogP contribution in [0.4, 0.5) is 0 Å². The van der Waals surface area contributed by atoms with E-state index in [-0.39, 0.29) is 6.10 Å². The van der Waals surface area contributed by atoms with Crippen LogP contribution < -0.4 is 4.74 Å². The molecule has 7 heteroatoms. The third kappa shape index (κ3) is 3.40. The van der Waals surface area contributed by atoms with E-state index < -0.39 is 10.0 Å². The molecule has 2 aromatic carbocycles. The molecule has 1 fully saturated rings. The number of fused-ring (bicyclic) bond motifs is 1. The Kier molecular flexibility index (Phi) is 4.57. The lowest BCUT2D eigenvalue weighted by Gasteiger charge is -2.31. The molecular weight excluding hydrogens is 350 g/mol. The summed E-state index contributed by atoms with van der Waals surface area (Å²) < 4.78 is 33.2. The number of aromatic nitrogens is 2. The van der Waals surface area contributed by atoms with Crippen molar-refractivity contribution in [1.29, 1.82) is 0 Å². The van der Waals surface area contributed by atoms with Gasteiger partial charge in [-0.05, 0) is 35.7 Å². The fraction of sp³-hybridized carbons (Fsp3) is 0.263. The largest absolute Gasteiger partial charge is 0.473 e. The van der Waals surface area contributed by atoms with Crippen LogP contribution in [-0.4, -0.2) is 41.9 Å². The summed E-state index contributed by atoms with van der Waals surface area (Å²) in [5.41, 5.74) is 0. The van der Waals surface area contributed by atoms with E-state index in [2.05, 4.69) is 9.97 Å². The lowest BCUT2D eigenvalue weighted by atomic mass is 10.1. The van der Waals surface area contributed by atoms with Gasteiger partial charge in [0.2, 0.25) is 15.9 Å². The minimum atomic E-state index is -3.50.